The summed E-state index contributed by atoms with van der Waals surface area (Å²) in [5.41, 5.74) is 6.73. The molecule has 0 spiro atoms. The molecule has 2 aromatic rings. The van der Waals surface area contributed by atoms with Gasteiger partial charge < -0.3 is 5.73 Å². The Morgan fingerprint density at radius 1 is 1.19 bits per heavy atom. The number of rotatable bonds is 4. The summed E-state index contributed by atoms with van der Waals surface area (Å²) in [5.74, 6) is -0.418. The molecule has 0 aliphatic carbocycles. The maximum absolute atomic E-state index is 12.9. The second kappa shape index (κ2) is 6.13. The van der Waals surface area contributed by atoms with E-state index in [0.29, 0.717) is 16.7 Å². The fraction of sp³-hybridized carbons (Fsp3) is 0.143. The molecule has 0 aliphatic heterocycles. The lowest BCUT2D eigenvalue weighted by Crippen LogP contribution is -2.26. The van der Waals surface area contributed by atoms with Crippen LogP contribution in [-0.4, -0.2) is 15.5 Å². The number of hydrogen-bond acceptors (Lipinski definition) is 3. The van der Waals surface area contributed by atoms with Gasteiger partial charge in [-0.2, -0.15) is 0 Å². The van der Waals surface area contributed by atoms with Crippen molar-refractivity contribution in [3.8, 4) is 0 Å². The van der Waals surface area contributed by atoms with Crippen LogP contribution in [0.2, 0.25) is 0 Å². The smallest absolute Gasteiger partial charge is 0.265 e. The molecule has 0 saturated heterocycles. The van der Waals surface area contributed by atoms with Gasteiger partial charge in [0, 0.05) is 18.1 Å². The summed E-state index contributed by atoms with van der Waals surface area (Å²) >= 11 is 3.25. The van der Waals surface area contributed by atoms with Crippen molar-refractivity contribution in [2.75, 3.05) is 11.4 Å². The van der Waals surface area contributed by atoms with Crippen LogP contribution in [-0.2, 0) is 16.6 Å². The highest BCUT2D eigenvalue weighted by molar-refractivity contribution is 9.10. The maximum Gasteiger partial charge on any atom is 0.265 e. The number of benzene rings is 2. The van der Waals surface area contributed by atoms with E-state index in [2.05, 4.69) is 15.9 Å². The van der Waals surface area contributed by atoms with Gasteiger partial charge in [-0.3, -0.25) is 4.31 Å². The standard InChI is InChI=1S/C14H14BrFN2O2S/c1-18(12-5-3-11(16)4-6-12)21(19,20)14-7-2-10(9-17)8-13(14)15/h2-8H,9,17H2,1H3. The molecule has 4 nitrogen and oxygen atoms in total. The van der Waals surface area contributed by atoms with Crippen LogP contribution in [0.4, 0.5) is 10.1 Å². The van der Waals surface area contributed by atoms with Crippen LogP contribution >= 0.6 is 15.9 Å². The van der Waals surface area contributed by atoms with Gasteiger partial charge in [0.2, 0.25) is 0 Å². The molecule has 0 fully saturated rings. The van der Waals surface area contributed by atoms with Crippen molar-refractivity contribution >= 4 is 31.6 Å². The van der Waals surface area contributed by atoms with Crippen molar-refractivity contribution in [3.05, 3.63) is 58.3 Å². The van der Waals surface area contributed by atoms with Gasteiger partial charge in [-0.05, 0) is 57.9 Å². The van der Waals surface area contributed by atoms with Crippen LogP contribution in [0.15, 0.2) is 51.8 Å². The molecule has 21 heavy (non-hydrogen) atoms. The molecule has 2 aromatic carbocycles. The lowest BCUT2D eigenvalue weighted by Gasteiger charge is -2.20. The molecule has 7 heteroatoms. The molecule has 0 radical (unpaired) electrons. The minimum absolute atomic E-state index is 0.131. The summed E-state index contributed by atoms with van der Waals surface area (Å²) in [4.78, 5) is 0.131. The lowest BCUT2D eigenvalue weighted by molar-refractivity contribution is 0.593. The fourth-order valence-electron chi connectivity index (χ4n) is 1.82. The average molecular weight is 373 g/mol. The zero-order valence-electron chi connectivity index (χ0n) is 11.3. The Bertz CT molecular complexity index is 748. The zero-order valence-corrected chi connectivity index (χ0v) is 13.7. The average Bonchev–Trinajstić information content (AvgIpc) is 2.46. The van der Waals surface area contributed by atoms with E-state index >= 15 is 0 Å². The molecule has 112 valence electrons. The number of anilines is 1. The van der Waals surface area contributed by atoms with Gasteiger partial charge in [-0.25, -0.2) is 12.8 Å². The predicted octanol–water partition coefficient (Wildman–Crippen LogP) is 2.87. The molecule has 0 atom stereocenters. The molecule has 0 unspecified atom stereocenters. The summed E-state index contributed by atoms with van der Waals surface area (Å²) < 4.78 is 39.7. The normalized spacial score (nSPS) is 11.4. The van der Waals surface area contributed by atoms with Crippen LogP contribution in [0.25, 0.3) is 0 Å². The van der Waals surface area contributed by atoms with Crippen LogP contribution in [0.3, 0.4) is 0 Å². The van der Waals surface area contributed by atoms with Crippen LogP contribution in [0.5, 0.6) is 0 Å². The van der Waals surface area contributed by atoms with E-state index in [1.807, 2.05) is 0 Å². The van der Waals surface area contributed by atoms with E-state index in [9.17, 15) is 12.8 Å². The number of halogens is 2. The molecule has 0 bridgehead atoms. The molecule has 0 saturated carbocycles. The van der Waals surface area contributed by atoms with E-state index < -0.39 is 15.8 Å². The van der Waals surface area contributed by atoms with Crippen LogP contribution in [0, 0.1) is 5.82 Å². The second-order valence-corrected chi connectivity index (χ2v) is 7.21. The largest absolute Gasteiger partial charge is 0.326 e. The van der Waals surface area contributed by atoms with Crippen molar-refractivity contribution in [1.82, 2.24) is 0 Å². The van der Waals surface area contributed by atoms with Gasteiger partial charge >= 0.3 is 0 Å². The van der Waals surface area contributed by atoms with Gasteiger partial charge in [0.05, 0.1) is 5.69 Å². The third-order valence-electron chi connectivity index (χ3n) is 3.06. The Hall–Kier alpha value is -1.44. The Labute approximate surface area is 131 Å². The summed E-state index contributed by atoms with van der Waals surface area (Å²) in [6, 6.07) is 10.1. The summed E-state index contributed by atoms with van der Waals surface area (Å²) in [6.45, 7) is 0.326. The monoisotopic (exact) mass is 372 g/mol. The van der Waals surface area contributed by atoms with Gasteiger partial charge in [0.25, 0.3) is 10.0 Å². The Morgan fingerprint density at radius 2 is 1.81 bits per heavy atom. The van der Waals surface area contributed by atoms with Gasteiger partial charge in [-0.15, -0.1) is 0 Å². The van der Waals surface area contributed by atoms with Crippen LogP contribution in [0.1, 0.15) is 5.56 Å². The first-order valence-electron chi connectivity index (χ1n) is 6.09. The number of hydrogen-bond donors (Lipinski definition) is 1. The minimum atomic E-state index is -3.74. The molecule has 2 N–H and O–H groups in total. The predicted molar refractivity (Wildman–Crippen MR) is 84.0 cm³/mol. The van der Waals surface area contributed by atoms with E-state index in [4.69, 9.17) is 5.73 Å². The first-order chi connectivity index (χ1) is 9.86. The summed E-state index contributed by atoms with van der Waals surface area (Å²) in [5, 5.41) is 0. The Kier molecular flexibility index (Phi) is 4.65. The molecule has 0 aliphatic rings. The third kappa shape index (κ3) is 3.25. The third-order valence-corrected chi connectivity index (χ3v) is 5.82. The van der Waals surface area contributed by atoms with Crippen molar-refractivity contribution < 1.29 is 12.8 Å². The molecule has 0 aromatic heterocycles. The number of nitrogens with two attached hydrogens (primary N) is 1. The SMILES string of the molecule is CN(c1ccc(F)cc1)S(=O)(=O)c1ccc(CN)cc1Br. The number of nitrogens with zero attached hydrogens (tertiary/aromatic N) is 1. The highest BCUT2D eigenvalue weighted by atomic mass is 79.9. The first-order valence-corrected chi connectivity index (χ1v) is 8.32. The van der Waals surface area contributed by atoms with E-state index in [1.165, 1.54) is 37.4 Å². The maximum atomic E-state index is 12.9. The minimum Gasteiger partial charge on any atom is -0.326 e. The zero-order chi connectivity index (χ0) is 15.6. The first kappa shape index (κ1) is 15.9. The highest BCUT2D eigenvalue weighted by Gasteiger charge is 2.23. The summed E-state index contributed by atoms with van der Waals surface area (Å²) in [7, 11) is -2.31. The molecule has 0 heterocycles. The van der Waals surface area contributed by atoms with Crippen molar-refractivity contribution in [2.24, 2.45) is 5.73 Å². The lowest BCUT2D eigenvalue weighted by atomic mass is 10.2. The molecular weight excluding hydrogens is 359 g/mol. The van der Waals surface area contributed by atoms with Gasteiger partial charge in [0.15, 0.2) is 0 Å². The van der Waals surface area contributed by atoms with Crippen molar-refractivity contribution in [1.29, 1.82) is 0 Å². The fourth-order valence-corrected chi connectivity index (χ4v) is 4.10. The topological polar surface area (TPSA) is 63.4 Å². The quantitative estimate of drug-likeness (QED) is 0.897. The number of sulfonamides is 1. The van der Waals surface area contributed by atoms with Gasteiger partial charge in [0.1, 0.15) is 10.7 Å². The molecule has 2 rings (SSSR count). The van der Waals surface area contributed by atoms with Crippen molar-refractivity contribution in [2.45, 2.75) is 11.4 Å². The highest BCUT2D eigenvalue weighted by Crippen LogP contribution is 2.28. The second-order valence-electron chi connectivity index (χ2n) is 4.42. The van der Waals surface area contributed by atoms with E-state index in [0.717, 1.165) is 9.87 Å². The van der Waals surface area contributed by atoms with E-state index in [-0.39, 0.29) is 4.90 Å². The van der Waals surface area contributed by atoms with E-state index in [1.54, 1.807) is 12.1 Å². The Balaban J connectivity index is 2.44. The van der Waals surface area contributed by atoms with Crippen molar-refractivity contribution in [3.63, 3.8) is 0 Å². The van der Waals surface area contributed by atoms with Gasteiger partial charge in [-0.1, -0.05) is 6.07 Å². The summed E-state index contributed by atoms with van der Waals surface area (Å²) in [6.07, 6.45) is 0. The molecular formula is C14H14BrFN2O2S. The Morgan fingerprint density at radius 3 is 2.33 bits per heavy atom. The molecule has 0 amide bonds. The van der Waals surface area contributed by atoms with Crippen LogP contribution < -0.4 is 10.0 Å².